The maximum absolute atomic E-state index is 13.9. The Balaban J connectivity index is 2.90. The highest BCUT2D eigenvalue weighted by Crippen LogP contribution is 2.42. The van der Waals surface area contributed by atoms with E-state index in [2.05, 4.69) is 6.58 Å². The van der Waals surface area contributed by atoms with E-state index >= 15 is 0 Å². The third kappa shape index (κ3) is 3.47. The Morgan fingerprint density at radius 2 is 0.633 bits per heavy atom. The molecule has 164 valence electrons. The summed E-state index contributed by atoms with van der Waals surface area (Å²) in [4.78, 5) is 0. The Bertz CT molecular complexity index is 916. The van der Waals surface area contributed by atoms with Crippen molar-refractivity contribution in [3.05, 3.63) is 75.4 Å². The lowest BCUT2D eigenvalue weighted by atomic mass is 9.94. The second-order valence-corrected chi connectivity index (χ2v) is 5.49. The van der Waals surface area contributed by atoms with Crippen molar-refractivity contribution in [2.45, 2.75) is 12.4 Å². The maximum atomic E-state index is 13.9. The van der Waals surface area contributed by atoms with Gasteiger partial charge in [-0.25, -0.2) is 35.1 Å². The van der Waals surface area contributed by atoms with Crippen LogP contribution in [0, 0.1) is 46.5 Å². The molecule has 2 aromatic rings. The molecule has 0 aliphatic carbocycles. The molecule has 0 bridgehead atoms. The van der Waals surface area contributed by atoms with E-state index in [1.165, 1.54) is 0 Å². The van der Waals surface area contributed by atoms with Gasteiger partial charge in [-0.15, -0.1) is 0 Å². The molecule has 0 saturated carbocycles. The molecule has 14 heteroatoms. The number of rotatable bonds is 2. The molecule has 2 rings (SSSR count). The van der Waals surface area contributed by atoms with Crippen molar-refractivity contribution < 1.29 is 61.5 Å². The monoisotopic (exact) mass is 460 g/mol. The van der Waals surface area contributed by atoms with Crippen LogP contribution in [0.3, 0.4) is 0 Å². The lowest BCUT2D eigenvalue weighted by Gasteiger charge is -2.18. The normalized spacial score (nSPS) is 12.5. The van der Waals surface area contributed by atoms with Crippen LogP contribution in [0.1, 0.15) is 22.3 Å². The first kappa shape index (κ1) is 23.5. The number of benzene rings is 2. The van der Waals surface area contributed by atoms with Crippen molar-refractivity contribution in [2.24, 2.45) is 0 Å². The van der Waals surface area contributed by atoms with Gasteiger partial charge in [0.05, 0.1) is 11.1 Å². The van der Waals surface area contributed by atoms with E-state index in [0.717, 1.165) is 0 Å². The zero-order valence-electron chi connectivity index (χ0n) is 13.5. The zero-order chi connectivity index (χ0) is 23.5. The van der Waals surface area contributed by atoms with Crippen LogP contribution < -0.4 is 0 Å². The van der Waals surface area contributed by atoms with Crippen molar-refractivity contribution in [3.8, 4) is 0 Å². The molecule has 0 aromatic heterocycles. The van der Waals surface area contributed by atoms with Gasteiger partial charge in [-0.2, -0.15) is 26.3 Å². The van der Waals surface area contributed by atoms with Gasteiger partial charge < -0.3 is 0 Å². The van der Waals surface area contributed by atoms with E-state index in [1.807, 2.05) is 0 Å². The fraction of sp³-hybridized carbons (Fsp3) is 0.125. The highest BCUT2D eigenvalue weighted by Gasteiger charge is 2.45. The first-order chi connectivity index (χ1) is 13.4. The van der Waals surface area contributed by atoms with Gasteiger partial charge in [-0.1, -0.05) is 6.58 Å². The van der Waals surface area contributed by atoms with E-state index in [-0.39, 0.29) is 0 Å². The fourth-order valence-electron chi connectivity index (χ4n) is 2.42. The minimum Gasteiger partial charge on any atom is -0.203 e. The zero-order valence-corrected chi connectivity index (χ0v) is 13.5. The summed E-state index contributed by atoms with van der Waals surface area (Å²) in [5, 5.41) is 0. The van der Waals surface area contributed by atoms with Crippen LogP contribution in [-0.2, 0) is 12.4 Å². The highest BCUT2D eigenvalue weighted by molar-refractivity contribution is 5.80. The highest BCUT2D eigenvalue weighted by atomic mass is 19.4. The van der Waals surface area contributed by atoms with Crippen molar-refractivity contribution in [2.75, 3.05) is 0 Å². The summed E-state index contributed by atoms with van der Waals surface area (Å²) in [6.07, 6.45) is -12.0. The Labute approximate surface area is 156 Å². The average molecular weight is 460 g/mol. The molecule has 0 nitrogen and oxygen atoms in total. The Hall–Kier alpha value is -2.80. The summed E-state index contributed by atoms with van der Waals surface area (Å²) in [6, 6.07) is 0. The largest absolute Gasteiger partial charge is 0.422 e. The molecule has 0 fully saturated rings. The van der Waals surface area contributed by atoms with Crippen molar-refractivity contribution in [3.63, 3.8) is 0 Å². The second-order valence-electron chi connectivity index (χ2n) is 5.49. The van der Waals surface area contributed by atoms with Crippen molar-refractivity contribution in [1.82, 2.24) is 0 Å². The quantitative estimate of drug-likeness (QED) is 0.338. The molecule has 0 aliphatic rings. The standard InChI is InChI=1S/C16H2F14/c1-2(3-7(17)11(21)5(15(25,26)27)12(22)8(3)18)4-9(19)13(23)6(16(28,29)30)14(24)10(4)20/h1H2. The summed E-state index contributed by atoms with van der Waals surface area (Å²) < 4.78 is 186. The average Bonchev–Trinajstić information content (AvgIpc) is 2.56. The third-order valence-corrected chi connectivity index (χ3v) is 3.70. The van der Waals surface area contributed by atoms with Gasteiger partial charge >= 0.3 is 12.4 Å². The summed E-state index contributed by atoms with van der Waals surface area (Å²) in [5.41, 5.74) is -12.9. The van der Waals surface area contributed by atoms with Crippen LogP contribution in [0.4, 0.5) is 61.5 Å². The molecule has 0 amide bonds. The van der Waals surface area contributed by atoms with Gasteiger partial charge in [0.2, 0.25) is 0 Å². The molecular weight excluding hydrogens is 458 g/mol. The molecule has 2 aromatic carbocycles. The molecule has 0 N–H and O–H groups in total. The van der Waals surface area contributed by atoms with E-state index in [9.17, 15) is 61.5 Å². The number of alkyl halides is 6. The van der Waals surface area contributed by atoms with Crippen LogP contribution in [-0.4, -0.2) is 0 Å². The lowest BCUT2D eigenvalue weighted by molar-refractivity contribution is -0.144. The second kappa shape index (κ2) is 7.16. The predicted octanol–water partition coefficient (Wildman–Crippen LogP) is 6.90. The molecule has 0 heterocycles. The minimum atomic E-state index is -5.99. The molecule has 0 aliphatic heterocycles. The van der Waals surface area contributed by atoms with Crippen LogP contribution in [0.2, 0.25) is 0 Å². The third-order valence-electron chi connectivity index (χ3n) is 3.70. The van der Waals surface area contributed by atoms with Gasteiger partial charge in [-0.3, -0.25) is 0 Å². The first-order valence-electron chi connectivity index (χ1n) is 7.00. The van der Waals surface area contributed by atoms with Crippen molar-refractivity contribution in [1.29, 1.82) is 0 Å². The van der Waals surface area contributed by atoms with Gasteiger partial charge in [0.15, 0.2) is 46.5 Å². The maximum Gasteiger partial charge on any atom is 0.422 e. The van der Waals surface area contributed by atoms with Gasteiger partial charge in [0, 0.05) is 0 Å². The summed E-state index contributed by atoms with van der Waals surface area (Å²) in [7, 11) is 0. The van der Waals surface area contributed by atoms with E-state index < -0.39 is 86.7 Å². The fourth-order valence-corrected chi connectivity index (χ4v) is 2.42. The molecule has 0 saturated heterocycles. The predicted molar refractivity (Wildman–Crippen MR) is 70.7 cm³/mol. The van der Waals surface area contributed by atoms with Crippen LogP contribution in [0.25, 0.3) is 5.57 Å². The molecule has 0 radical (unpaired) electrons. The smallest absolute Gasteiger partial charge is 0.203 e. The number of hydrogen-bond donors (Lipinski definition) is 0. The Kier molecular flexibility index (Phi) is 5.60. The number of halogens is 14. The lowest BCUT2D eigenvalue weighted by Crippen LogP contribution is -2.19. The molecular formula is C16H2F14. The van der Waals surface area contributed by atoms with Crippen LogP contribution in [0.15, 0.2) is 6.58 Å². The van der Waals surface area contributed by atoms with Gasteiger partial charge in [0.1, 0.15) is 11.1 Å². The summed E-state index contributed by atoms with van der Waals surface area (Å²) in [5.74, 6) is -24.1. The Morgan fingerprint density at radius 3 is 0.800 bits per heavy atom. The molecule has 0 spiro atoms. The Morgan fingerprint density at radius 1 is 0.433 bits per heavy atom. The summed E-state index contributed by atoms with van der Waals surface area (Å²) >= 11 is 0. The SMILES string of the molecule is C=C(c1c(F)c(F)c(C(F)(F)F)c(F)c1F)c1c(F)c(F)c(C(F)(F)F)c(F)c1F. The van der Waals surface area contributed by atoms with E-state index in [0.29, 0.717) is 0 Å². The number of hydrogen-bond acceptors (Lipinski definition) is 0. The van der Waals surface area contributed by atoms with Crippen LogP contribution >= 0.6 is 0 Å². The van der Waals surface area contributed by atoms with Gasteiger partial charge in [0.25, 0.3) is 0 Å². The first-order valence-corrected chi connectivity index (χ1v) is 7.00. The molecule has 30 heavy (non-hydrogen) atoms. The molecule has 0 atom stereocenters. The van der Waals surface area contributed by atoms with Crippen LogP contribution in [0.5, 0.6) is 0 Å². The topological polar surface area (TPSA) is 0 Å². The van der Waals surface area contributed by atoms with E-state index in [1.54, 1.807) is 0 Å². The summed E-state index contributed by atoms with van der Waals surface area (Å²) in [6.45, 7) is 2.50. The van der Waals surface area contributed by atoms with E-state index in [4.69, 9.17) is 0 Å². The minimum absolute atomic E-state index is 2.02. The van der Waals surface area contributed by atoms with Crippen molar-refractivity contribution >= 4 is 5.57 Å². The molecule has 0 unspecified atom stereocenters. The van der Waals surface area contributed by atoms with Gasteiger partial charge in [-0.05, 0) is 5.57 Å².